The maximum atomic E-state index is 13.6. The first-order chi connectivity index (χ1) is 17.7. The summed E-state index contributed by atoms with van der Waals surface area (Å²) in [7, 11) is 1.60. The van der Waals surface area contributed by atoms with Crippen molar-refractivity contribution in [3.8, 4) is 11.5 Å². The highest BCUT2D eigenvalue weighted by molar-refractivity contribution is 5.97. The van der Waals surface area contributed by atoms with Gasteiger partial charge in [0.05, 0.1) is 12.7 Å². The van der Waals surface area contributed by atoms with Gasteiger partial charge in [0.15, 0.2) is 11.5 Å². The number of amides is 1. The largest absolute Gasteiger partial charge is 0.493 e. The van der Waals surface area contributed by atoms with Crippen molar-refractivity contribution in [1.82, 2.24) is 20.1 Å². The zero-order chi connectivity index (χ0) is 24.9. The van der Waals surface area contributed by atoms with Crippen molar-refractivity contribution in [2.24, 2.45) is 0 Å². The molecule has 1 aliphatic rings. The molecule has 4 aromatic rings. The Balaban J connectivity index is 1.53. The number of anilines is 1. The average Bonchev–Trinajstić information content (AvgIpc) is 3.39. The van der Waals surface area contributed by atoms with Crippen LogP contribution in [0.15, 0.2) is 96.5 Å². The molecule has 8 nitrogen and oxygen atoms in total. The van der Waals surface area contributed by atoms with E-state index in [0.717, 1.165) is 16.7 Å². The molecule has 5 rings (SSSR count). The van der Waals surface area contributed by atoms with Gasteiger partial charge in [-0.15, -0.1) is 0 Å². The fourth-order valence-electron chi connectivity index (χ4n) is 4.34. The van der Waals surface area contributed by atoms with E-state index in [4.69, 9.17) is 9.47 Å². The van der Waals surface area contributed by atoms with Crippen molar-refractivity contribution >= 4 is 11.9 Å². The fraction of sp³-hybridized carbons (Fsp3) is 0.179. The summed E-state index contributed by atoms with van der Waals surface area (Å²) in [6, 6.07) is 24.8. The molecule has 1 aliphatic heterocycles. The summed E-state index contributed by atoms with van der Waals surface area (Å²) >= 11 is 0. The molecule has 1 amide bonds. The second-order valence-corrected chi connectivity index (χ2v) is 8.42. The molecular weight excluding hydrogens is 454 g/mol. The molecule has 1 atom stereocenters. The van der Waals surface area contributed by atoms with E-state index in [0.29, 0.717) is 41.9 Å². The van der Waals surface area contributed by atoms with Gasteiger partial charge in [-0.05, 0) is 24.1 Å². The average molecular weight is 482 g/mol. The minimum atomic E-state index is -0.569. The highest BCUT2D eigenvalue weighted by Gasteiger charge is 2.36. The normalized spacial score (nSPS) is 14.6. The van der Waals surface area contributed by atoms with E-state index >= 15 is 0 Å². The molecule has 0 unspecified atom stereocenters. The molecule has 2 heterocycles. The SMILES string of the molecule is COc1cccc([C@H]2C(C(=O)NCc3ccccc3)=C(C)Nc3ncnn32)c1OCc1ccccc1. The Hall–Kier alpha value is -4.59. The van der Waals surface area contributed by atoms with Gasteiger partial charge in [0.2, 0.25) is 5.95 Å². The van der Waals surface area contributed by atoms with Crippen molar-refractivity contribution in [2.45, 2.75) is 26.1 Å². The third-order valence-corrected chi connectivity index (χ3v) is 6.08. The van der Waals surface area contributed by atoms with Gasteiger partial charge in [0, 0.05) is 17.8 Å². The number of methoxy groups -OCH3 is 1. The van der Waals surface area contributed by atoms with Gasteiger partial charge in [-0.3, -0.25) is 4.79 Å². The van der Waals surface area contributed by atoms with Crippen LogP contribution in [0.3, 0.4) is 0 Å². The minimum absolute atomic E-state index is 0.202. The molecule has 0 saturated heterocycles. The van der Waals surface area contributed by atoms with E-state index in [1.54, 1.807) is 11.8 Å². The number of rotatable bonds is 8. The minimum Gasteiger partial charge on any atom is -0.493 e. The molecule has 8 heteroatoms. The number of para-hydroxylation sites is 1. The molecule has 0 fully saturated rings. The standard InChI is InChI=1S/C28H27N5O3/c1-19-24(27(34)29-16-20-10-5-3-6-11-20)25(33-28(32-19)30-18-31-33)22-14-9-15-23(35-2)26(22)36-17-21-12-7-4-8-13-21/h3-15,18,25H,16-17H2,1-2H3,(H,29,34)(H,30,31,32)/t25-/m0/s1. The maximum Gasteiger partial charge on any atom is 0.251 e. The number of hydrogen-bond acceptors (Lipinski definition) is 6. The zero-order valence-corrected chi connectivity index (χ0v) is 20.1. The summed E-state index contributed by atoms with van der Waals surface area (Å²) in [5.41, 5.74) is 4.01. The summed E-state index contributed by atoms with van der Waals surface area (Å²) in [6.07, 6.45) is 1.47. The Morgan fingerprint density at radius 3 is 2.44 bits per heavy atom. The molecule has 0 saturated carbocycles. The number of hydrogen-bond donors (Lipinski definition) is 2. The lowest BCUT2D eigenvalue weighted by atomic mass is 9.94. The predicted molar refractivity (Wildman–Crippen MR) is 137 cm³/mol. The lowest BCUT2D eigenvalue weighted by Gasteiger charge is -2.30. The van der Waals surface area contributed by atoms with Gasteiger partial charge in [-0.2, -0.15) is 10.1 Å². The summed E-state index contributed by atoms with van der Waals surface area (Å²) in [6.45, 7) is 2.62. The first-order valence-corrected chi connectivity index (χ1v) is 11.7. The van der Waals surface area contributed by atoms with Crippen molar-refractivity contribution in [3.05, 3.63) is 113 Å². The van der Waals surface area contributed by atoms with Gasteiger partial charge in [0.25, 0.3) is 5.91 Å². The Morgan fingerprint density at radius 1 is 1.00 bits per heavy atom. The molecule has 2 N–H and O–H groups in total. The van der Waals surface area contributed by atoms with E-state index in [-0.39, 0.29) is 5.91 Å². The van der Waals surface area contributed by atoms with Crippen LogP contribution >= 0.6 is 0 Å². The lowest BCUT2D eigenvalue weighted by molar-refractivity contribution is -0.118. The Bertz CT molecular complexity index is 1380. The second-order valence-electron chi connectivity index (χ2n) is 8.42. The Labute approximate surface area is 209 Å². The fourth-order valence-corrected chi connectivity index (χ4v) is 4.34. The molecule has 1 aromatic heterocycles. The van der Waals surface area contributed by atoms with E-state index < -0.39 is 6.04 Å². The third-order valence-electron chi connectivity index (χ3n) is 6.08. The van der Waals surface area contributed by atoms with Gasteiger partial charge in [-0.1, -0.05) is 72.8 Å². The number of fused-ring (bicyclic) bond motifs is 1. The van der Waals surface area contributed by atoms with Gasteiger partial charge < -0.3 is 20.1 Å². The number of ether oxygens (including phenoxy) is 2. The van der Waals surface area contributed by atoms with E-state index in [9.17, 15) is 4.79 Å². The molecule has 3 aromatic carbocycles. The van der Waals surface area contributed by atoms with E-state index in [1.807, 2.05) is 85.8 Å². The van der Waals surface area contributed by atoms with Crippen LogP contribution in [0.2, 0.25) is 0 Å². The summed E-state index contributed by atoms with van der Waals surface area (Å²) in [4.78, 5) is 17.9. The van der Waals surface area contributed by atoms with E-state index in [2.05, 4.69) is 20.7 Å². The smallest absolute Gasteiger partial charge is 0.251 e. The molecule has 0 radical (unpaired) electrons. The first kappa shape index (κ1) is 23.2. The van der Waals surface area contributed by atoms with Crippen LogP contribution in [0.25, 0.3) is 0 Å². The van der Waals surface area contributed by atoms with Crippen LogP contribution in [0.4, 0.5) is 5.95 Å². The number of carbonyl (C=O) groups is 1. The number of nitrogens with one attached hydrogen (secondary N) is 2. The predicted octanol–water partition coefficient (Wildman–Crippen LogP) is 4.47. The highest BCUT2D eigenvalue weighted by atomic mass is 16.5. The lowest BCUT2D eigenvalue weighted by Crippen LogP contribution is -2.35. The summed E-state index contributed by atoms with van der Waals surface area (Å²) < 4.78 is 13.7. The molecule has 0 bridgehead atoms. The topological polar surface area (TPSA) is 90.3 Å². The van der Waals surface area contributed by atoms with Crippen LogP contribution < -0.4 is 20.1 Å². The third kappa shape index (κ3) is 4.65. The summed E-state index contributed by atoms with van der Waals surface area (Å²) in [5.74, 6) is 1.48. The second kappa shape index (κ2) is 10.4. The monoisotopic (exact) mass is 481 g/mol. The quantitative estimate of drug-likeness (QED) is 0.386. The number of carbonyl (C=O) groups excluding carboxylic acids is 1. The highest BCUT2D eigenvalue weighted by Crippen LogP contribution is 2.43. The van der Waals surface area contributed by atoms with Crippen molar-refractivity contribution in [2.75, 3.05) is 12.4 Å². The number of aromatic nitrogens is 3. The van der Waals surface area contributed by atoms with Crippen LogP contribution in [-0.2, 0) is 17.9 Å². The Kier molecular flexibility index (Phi) is 6.66. The molecule has 0 spiro atoms. The molecule has 0 aliphatic carbocycles. The van der Waals surface area contributed by atoms with Crippen molar-refractivity contribution < 1.29 is 14.3 Å². The van der Waals surface area contributed by atoms with Crippen LogP contribution in [0.5, 0.6) is 11.5 Å². The van der Waals surface area contributed by atoms with Crippen LogP contribution in [0.1, 0.15) is 29.7 Å². The molecule has 182 valence electrons. The van der Waals surface area contributed by atoms with Gasteiger partial charge in [-0.25, -0.2) is 4.68 Å². The van der Waals surface area contributed by atoms with Crippen LogP contribution in [-0.4, -0.2) is 27.8 Å². The maximum absolute atomic E-state index is 13.6. The van der Waals surface area contributed by atoms with Crippen LogP contribution in [0, 0.1) is 0 Å². The van der Waals surface area contributed by atoms with E-state index in [1.165, 1.54) is 6.33 Å². The summed E-state index contributed by atoms with van der Waals surface area (Å²) in [5, 5.41) is 10.7. The van der Waals surface area contributed by atoms with Gasteiger partial charge in [0.1, 0.15) is 19.0 Å². The number of nitrogens with zero attached hydrogens (tertiary/aromatic N) is 3. The number of benzene rings is 3. The zero-order valence-electron chi connectivity index (χ0n) is 20.1. The molecule has 36 heavy (non-hydrogen) atoms. The number of allylic oxidation sites excluding steroid dienone is 1. The first-order valence-electron chi connectivity index (χ1n) is 11.7. The van der Waals surface area contributed by atoms with Gasteiger partial charge >= 0.3 is 0 Å². The van der Waals surface area contributed by atoms with Crippen molar-refractivity contribution in [1.29, 1.82) is 0 Å². The molecular formula is C28H27N5O3. The Morgan fingerprint density at radius 2 is 1.72 bits per heavy atom. The van der Waals surface area contributed by atoms with Crippen molar-refractivity contribution in [3.63, 3.8) is 0 Å².